The molecule has 0 spiro atoms. The molecule has 96 valence electrons. The highest BCUT2D eigenvalue weighted by molar-refractivity contribution is 5.85. The van der Waals surface area contributed by atoms with Gasteiger partial charge in [0, 0.05) is 13.2 Å². The molecular weight excluding hydrogens is 220 g/mol. The maximum Gasteiger partial charge on any atom is 0.354 e. The minimum Gasteiger partial charge on any atom is -0.477 e. The van der Waals surface area contributed by atoms with E-state index in [1.807, 2.05) is 0 Å². The van der Waals surface area contributed by atoms with E-state index in [2.05, 4.69) is 18.8 Å². The third-order valence-electron chi connectivity index (χ3n) is 2.57. The lowest BCUT2D eigenvalue weighted by Crippen LogP contribution is -2.14. The van der Waals surface area contributed by atoms with Crippen molar-refractivity contribution in [3.05, 3.63) is 17.7 Å². The molecule has 0 radical (unpaired) electrons. The van der Waals surface area contributed by atoms with Gasteiger partial charge in [0.2, 0.25) is 0 Å². The zero-order chi connectivity index (χ0) is 12.8. The third kappa shape index (κ3) is 4.19. The van der Waals surface area contributed by atoms with Crippen molar-refractivity contribution in [1.82, 2.24) is 9.55 Å². The number of nitrogens with zero attached hydrogens (tertiary/aromatic N) is 2. The van der Waals surface area contributed by atoms with Gasteiger partial charge in [-0.05, 0) is 19.3 Å². The maximum absolute atomic E-state index is 10.9. The number of hydrogen-bond acceptors (Lipinski definition) is 3. The van der Waals surface area contributed by atoms with Gasteiger partial charge in [-0.2, -0.15) is 0 Å². The fraction of sp³-hybridized carbons (Fsp3) is 0.667. The molecule has 1 aromatic heterocycles. The summed E-state index contributed by atoms with van der Waals surface area (Å²) in [6, 6.07) is 0. The van der Waals surface area contributed by atoms with E-state index in [0.29, 0.717) is 31.5 Å². The van der Waals surface area contributed by atoms with Gasteiger partial charge in [-0.15, -0.1) is 0 Å². The lowest BCUT2D eigenvalue weighted by Gasteiger charge is -2.09. The Morgan fingerprint density at radius 3 is 2.82 bits per heavy atom. The highest BCUT2D eigenvalue weighted by atomic mass is 16.5. The second kappa shape index (κ2) is 6.39. The molecule has 0 bridgehead atoms. The van der Waals surface area contributed by atoms with Crippen LogP contribution in [0.25, 0.3) is 0 Å². The molecule has 0 aliphatic carbocycles. The van der Waals surface area contributed by atoms with Crippen LogP contribution in [0.4, 0.5) is 0 Å². The van der Waals surface area contributed by atoms with Crippen molar-refractivity contribution < 1.29 is 14.6 Å². The van der Waals surface area contributed by atoms with Crippen molar-refractivity contribution in [1.29, 1.82) is 0 Å². The number of hydrogen-bond donors (Lipinski definition) is 1. The predicted octanol–water partition coefficient (Wildman–Crippen LogP) is 1.95. The lowest BCUT2D eigenvalue weighted by molar-refractivity contribution is 0.0679. The zero-order valence-corrected chi connectivity index (χ0v) is 10.6. The van der Waals surface area contributed by atoms with Crippen molar-refractivity contribution in [3.8, 4) is 0 Å². The molecule has 1 aromatic rings. The number of ether oxygens (including phenoxy) is 1. The number of aromatic carboxylic acids is 1. The minimum absolute atomic E-state index is 0.218. The summed E-state index contributed by atoms with van der Waals surface area (Å²) in [6.07, 6.45) is 2.40. The van der Waals surface area contributed by atoms with Gasteiger partial charge in [0.05, 0.1) is 12.8 Å². The Morgan fingerprint density at radius 1 is 1.53 bits per heavy atom. The Kier molecular flexibility index (Phi) is 5.15. The number of imidazole rings is 1. The zero-order valence-electron chi connectivity index (χ0n) is 10.6. The molecule has 0 unspecified atom stereocenters. The van der Waals surface area contributed by atoms with E-state index in [1.54, 1.807) is 11.5 Å². The Labute approximate surface area is 101 Å². The quantitative estimate of drug-likeness (QED) is 0.740. The fourth-order valence-corrected chi connectivity index (χ4v) is 1.50. The molecule has 1 heterocycles. The first-order chi connectivity index (χ1) is 8.02. The first kappa shape index (κ1) is 13.7. The summed E-state index contributed by atoms with van der Waals surface area (Å²) >= 11 is 0. The summed E-state index contributed by atoms with van der Waals surface area (Å²) in [5, 5.41) is 8.95. The van der Waals surface area contributed by atoms with Gasteiger partial charge in [0.1, 0.15) is 11.5 Å². The maximum atomic E-state index is 10.9. The van der Waals surface area contributed by atoms with Gasteiger partial charge in [-0.25, -0.2) is 9.78 Å². The molecule has 1 N–H and O–H groups in total. The summed E-state index contributed by atoms with van der Waals surface area (Å²) in [6.45, 7) is 7.85. The Bertz CT molecular complexity index is 372. The van der Waals surface area contributed by atoms with Crippen LogP contribution in [-0.2, 0) is 11.3 Å². The van der Waals surface area contributed by atoms with Gasteiger partial charge < -0.3 is 14.4 Å². The summed E-state index contributed by atoms with van der Waals surface area (Å²) in [5.41, 5.74) is 0.218. The van der Waals surface area contributed by atoms with Crippen LogP contribution in [0.15, 0.2) is 6.20 Å². The molecule has 5 nitrogen and oxygen atoms in total. The van der Waals surface area contributed by atoms with Crippen LogP contribution < -0.4 is 0 Å². The van der Waals surface area contributed by atoms with E-state index in [0.717, 1.165) is 6.42 Å². The first-order valence-corrected chi connectivity index (χ1v) is 5.85. The Balaban J connectivity index is 2.41. The standard InChI is InChI=1S/C12H20N2O3/c1-9(2)4-6-17-7-5-14-10(3)13-8-11(14)12(15)16/h8-9H,4-7H2,1-3H3,(H,15,16). The van der Waals surface area contributed by atoms with Crippen molar-refractivity contribution in [2.75, 3.05) is 13.2 Å². The molecule has 5 heteroatoms. The van der Waals surface area contributed by atoms with Gasteiger partial charge in [-0.1, -0.05) is 13.8 Å². The molecule has 1 rings (SSSR count). The number of carboxylic acid groups (broad SMARTS) is 1. The summed E-state index contributed by atoms with van der Waals surface area (Å²) in [5.74, 6) is 0.377. The first-order valence-electron chi connectivity index (χ1n) is 5.85. The topological polar surface area (TPSA) is 64.3 Å². The Hall–Kier alpha value is -1.36. The average molecular weight is 240 g/mol. The largest absolute Gasteiger partial charge is 0.477 e. The van der Waals surface area contributed by atoms with Crippen LogP contribution in [0.2, 0.25) is 0 Å². The molecule has 0 aliphatic heterocycles. The monoisotopic (exact) mass is 240 g/mol. The van der Waals surface area contributed by atoms with Crippen molar-refractivity contribution >= 4 is 5.97 Å². The van der Waals surface area contributed by atoms with E-state index >= 15 is 0 Å². The smallest absolute Gasteiger partial charge is 0.354 e. The molecule has 0 amide bonds. The van der Waals surface area contributed by atoms with Crippen molar-refractivity contribution in [2.24, 2.45) is 5.92 Å². The molecule has 0 saturated heterocycles. The van der Waals surface area contributed by atoms with Crippen LogP contribution in [0.5, 0.6) is 0 Å². The molecule has 0 fully saturated rings. The van der Waals surface area contributed by atoms with Gasteiger partial charge in [-0.3, -0.25) is 0 Å². The molecule has 0 atom stereocenters. The number of carboxylic acids is 1. The number of aromatic nitrogens is 2. The molecule has 17 heavy (non-hydrogen) atoms. The lowest BCUT2D eigenvalue weighted by atomic mass is 10.1. The van der Waals surface area contributed by atoms with Crippen molar-refractivity contribution in [3.63, 3.8) is 0 Å². The summed E-state index contributed by atoms with van der Waals surface area (Å²) in [7, 11) is 0. The second-order valence-corrected chi connectivity index (χ2v) is 4.44. The third-order valence-corrected chi connectivity index (χ3v) is 2.57. The van der Waals surface area contributed by atoms with Crippen LogP contribution in [-0.4, -0.2) is 33.8 Å². The molecule has 0 aromatic carbocycles. The molecule has 0 saturated carbocycles. The van der Waals surface area contributed by atoms with Crippen LogP contribution in [0.3, 0.4) is 0 Å². The van der Waals surface area contributed by atoms with E-state index < -0.39 is 5.97 Å². The normalized spacial score (nSPS) is 11.1. The van der Waals surface area contributed by atoms with E-state index in [9.17, 15) is 4.79 Å². The second-order valence-electron chi connectivity index (χ2n) is 4.44. The van der Waals surface area contributed by atoms with E-state index in [4.69, 9.17) is 9.84 Å². The van der Waals surface area contributed by atoms with E-state index in [-0.39, 0.29) is 5.69 Å². The van der Waals surface area contributed by atoms with E-state index in [1.165, 1.54) is 6.20 Å². The number of rotatable bonds is 7. The summed E-state index contributed by atoms with van der Waals surface area (Å²) < 4.78 is 7.13. The number of aryl methyl sites for hydroxylation is 1. The van der Waals surface area contributed by atoms with Gasteiger partial charge >= 0.3 is 5.97 Å². The summed E-state index contributed by atoms with van der Waals surface area (Å²) in [4.78, 5) is 14.9. The average Bonchev–Trinajstić information content (AvgIpc) is 2.59. The molecule has 0 aliphatic rings. The number of carbonyl (C=O) groups is 1. The SMILES string of the molecule is Cc1ncc(C(=O)O)n1CCOCCC(C)C. The highest BCUT2D eigenvalue weighted by Crippen LogP contribution is 2.05. The Morgan fingerprint density at radius 2 is 2.24 bits per heavy atom. The highest BCUT2D eigenvalue weighted by Gasteiger charge is 2.12. The van der Waals surface area contributed by atoms with Gasteiger partial charge in [0.25, 0.3) is 0 Å². The van der Waals surface area contributed by atoms with Gasteiger partial charge in [0.15, 0.2) is 0 Å². The minimum atomic E-state index is -0.951. The van der Waals surface area contributed by atoms with Crippen LogP contribution >= 0.6 is 0 Å². The van der Waals surface area contributed by atoms with Crippen molar-refractivity contribution in [2.45, 2.75) is 33.7 Å². The fourth-order valence-electron chi connectivity index (χ4n) is 1.50. The van der Waals surface area contributed by atoms with Crippen LogP contribution in [0.1, 0.15) is 36.6 Å². The predicted molar refractivity (Wildman–Crippen MR) is 64.2 cm³/mol. The van der Waals surface area contributed by atoms with Crippen LogP contribution in [0, 0.1) is 12.8 Å². The molecular formula is C12H20N2O3.